The highest BCUT2D eigenvalue weighted by Crippen LogP contribution is 2.30. The second kappa shape index (κ2) is 9.90. The van der Waals surface area contributed by atoms with Gasteiger partial charge >= 0.3 is 0 Å². The van der Waals surface area contributed by atoms with E-state index in [-0.39, 0.29) is 11.8 Å². The number of thiophene rings is 1. The number of nitrogens with one attached hydrogen (secondary N) is 1. The summed E-state index contributed by atoms with van der Waals surface area (Å²) in [7, 11) is 0. The van der Waals surface area contributed by atoms with E-state index in [1.165, 1.54) is 16.9 Å². The first-order valence-corrected chi connectivity index (χ1v) is 11.4. The fraction of sp³-hybridized carbons (Fsp3) is 0.280. The van der Waals surface area contributed by atoms with E-state index in [0.29, 0.717) is 39.3 Å². The lowest BCUT2D eigenvalue weighted by molar-refractivity contribution is -0.122. The molecule has 0 atom stereocenters. The van der Waals surface area contributed by atoms with Gasteiger partial charge in [0.2, 0.25) is 5.91 Å². The van der Waals surface area contributed by atoms with Gasteiger partial charge in [-0.3, -0.25) is 14.5 Å². The monoisotopic (exact) mass is 433 g/mol. The molecule has 2 heterocycles. The molecule has 0 unspecified atom stereocenters. The molecule has 0 bridgehead atoms. The van der Waals surface area contributed by atoms with E-state index >= 15 is 0 Å². The summed E-state index contributed by atoms with van der Waals surface area (Å²) in [5.74, 6) is 0.0993. The Morgan fingerprint density at radius 2 is 1.65 bits per heavy atom. The van der Waals surface area contributed by atoms with Crippen LogP contribution in [0.3, 0.4) is 0 Å². The van der Waals surface area contributed by atoms with Crippen molar-refractivity contribution >= 4 is 23.2 Å². The maximum absolute atomic E-state index is 13.1. The molecule has 3 aromatic rings. The molecule has 0 spiro atoms. The van der Waals surface area contributed by atoms with E-state index in [1.54, 1.807) is 0 Å². The van der Waals surface area contributed by atoms with Crippen molar-refractivity contribution in [1.29, 1.82) is 0 Å². The summed E-state index contributed by atoms with van der Waals surface area (Å²) in [4.78, 5) is 30.2. The van der Waals surface area contributed by atoms with E-state index < -0.39 is 0 Å². The zero-order valence-electron chi connectivity index (χ0n) is 17.7. The number of carbonyl (C=O) groups is 2. The lowest BCUT2D eigenvalue weighted by Gasteiger charge is -2.34. The summed E-state index contributed by atoms with van der Waals surface area (Å²) in [5.41, 5.74) is 4.36. The fourth-order valence-corrected chi connectivity index (χ4v) is 4.63. The summed E-state index contributed by atoms with van der Waals surface area (Å²) in [6.45, 7) is 5.64. The summed E-state index contributed by atoms with van der Waals surface area (Å²) < 4.78 is 0. The third-order valence-corrected chi connectivity index (χ3v) is 6.48. The highest BCUT2D eigenvalue weighted by atomic mass is 32.1. The van der Waals surface area contributed by atoms with Crippen LogP contribution in [0.1, 0.15) is 20.8 Å². The average Bonchev–Trinajstić information content (AvgIpc) is 3.29. The van der Waals surface area contributed by atoms with Crippen molar-refractivity contribution in [3.8, 4) is 11.1 Å². The van der Waals surface area contributed by atoms with Crippen molar-refractivity contribution in [3.05, 3.63) is 82.0 Å². The highest BCUT2D eigenvalue weighted by molar-refractivity contribution is 7.12. The molecule has 1 aliphatic rings. The summed E-state index contributed by atoms with van der Waals surface area (Å²) >= 11 is 1.50. The smallest absolute Gasteiger partial charge is 0.264 e. The molecule has 0 aliphatic carbocycles. The predicted octanol–water partition coefficient (Wildman–Crippen LogP) is 3.80. The van der Waals surface area contributed by atoms with Crippen LogP contribution in [-0.2, 0) is 11.3 Å². The number of carbonyl (C=O) groups excluding carboxylic acids is 2. The number of rotatable bonds is 6. The molecule has 31 heavy (non-hydrogen) atoms. The molecule has 160 valence electrons. The van der Waals surface area contributed by atoms with Crippen LogP contribution in [0.25, 0.3) is 11.1 Å². The minimum Gasteiger partial charge on any atom is -0.351 e. The topological polar surface area (TPSA) is 52.7 Å². The third-order valence-electron chi connectivity index (χ3n) is 5.58. The number of aryl methyl sites for hydroxylation is 1. The molecule has 2 aromatic carbocycles. The first-order valence-electron chi connectivity index (χ1n) is 10.6. The Hall–Kier alpha value is -2.96. The molecule has 5 nitrogen and oxygen atoms in total. The molecule has 4 rings (SSSR count). The molecular formula is C25H27N3O2S. The second-order valence-electron chi connectivity index (χ2n) is 7.86. The molecule has 1 N–H and O–H groups in total. The first kappa shape index (κ1) is 21.3. The first-order chi connectivity index (χ1) is 15.1. The van der Waals surface area contributed by atoms with Crippen molar-refractivity contribution in [2.75, 3.05) is 32.7 Å². The maximum atomic E-state index is 13.1. The lowest BCUT2D eigenvalue weighted by atomic mass is 10.0. The molecular weight excluding hydrogens is 406 g/mol. The van der Waals surface area contributed by atoms with Gasteiger partial charge in [0.05, 0.1) is 11.4 Å². The van der Waals surface area contributed by atoms with Crippen LogP contribution in [0, 0.1) is 6.92 Å². The SMILES string of the molecule is Cc1ccc(-c2ccsc2C(=O)N2CCN(CC(=O)NCc3ccccc3)CC2)cc1. The summed E-state index contributed by atoms with van der Waals surface area (Å²) in [5, 5.41) is 4.95. The van der Waals surface area contributed by atoms with Gasteiger partial charge in [-0.2, -0.15) is 0 Å². The van der Waals surface area contributed by atoms with E-state index in [2.05, 4.69) is 41.4 Å². The Balaban J connectivity index is 1.29. The minimum atomic E-state index is 0.0172. The molecule has 1 saturated heterocycles. The summed E-state index contributed by atoms with van der Waals surface area (Å²) in [6, 6.07) is 20.2. The molecule has 1 aliphatic heterocycles. The Morgan fingerprint density at radius 1 is 0.935 bits per heavy atom. The van der Waals surface area contributed by atoms with Crippen molar-refractivity contribution in [2.45, 2.75) is 13.5 Å². The summed E-state index contributed by atoms with van der Waals surface area (Å²) in [6.07, 6.45) is 0. The van der Waals surface area contributed by atoms with Gasteiger partial charge in [-0.05, 0) is 29.5 Å². The second-order valence-corrected chi connectivity index (χ2v) is 8.78. The molecule has 0 radical (unpaired) electrons. The average molecular weight is 434 g/mol. The largest absolute Gasteiger partial charge is 0.351 e. The number of hydrogen-bond donors (Lipinski definition) is 1. The fourth-order valence-electron chi connectivity index (χ4n) is 3.74. The van der Waals surface area contributed by atoms with Gasteiger partial charge in [0.25, 0.3) is 5.91 Å². The number of nitrogens with zero attached hydrogens (tertiary/aromatic N) is 2. The van der Waals surface area contributed by atoms with Crippen molar-refractivity contribution in [1.82, 2.24) is 15.1 Å². The zero-order valence-corrected chi connectivity index (χ0v) is 18.5. The van der Waals surface area contributed by atoms with E-state index in [9.17, 15) is 9.59 Å². The number of hydrogen-bond acceptors (Lipinski definition) is 4. The highest BCUT2D eigenvalue weighted by Gasteiger charge is 2.25. The Labute approximate surface area is 187 Å². The maximum Gasteiger partial charge on any atom is 0.264 e. The number of amides is 2. The van der Waals surface area contributed by atoms with Crippen LogP contribution < -0.4 is 5.32 Å². The van der Waals surface area contributed by atoms with Crippen molar-refractivity contribution in [3.63, 3.8) is 0 Å². The van der Waals surface area contributed by atoms with Gasteiger partial charge in [0, 0.05) is 38.3 Å². The minimum absolute atomic E-state index is 0.0172. The normalized spacial score (nSPS) is 14.4. The van der Waals surface area contributed by atoms with Crippen molar-refractivity contribution < 1.29 is 9.59 Å². The van der Waals surface area contributed by atoms with Crippen LogP contribution in [0.2, 0.25) is 0 Å². The third kappa shape index (κ3) is 5.40. The Kier molecular flexibility index (Phi) is 6.79. The Morgan fingerprint density at radius 3 is 2.35 bits per heavy atom. The molecule has 1 aromatic heterocycles. The van der Waals surface area contributed by atoms with Crippen LogP contribution in [-0.4, -0.2) is 54.3 Å². The van der Waals surface area contributed by atoms with Gasteiger partial charge in [-0.1, -0.05) is 60.2 Å². The zero-order chi connectivity index (χ0) is 21.6. The predicted molar refractivity (Wildman–Crippen MR) is 125 cm³/mol. The van der Waals surface area contributed by atoms with Crippen LogP contribution in [0.5, 0.6) is 0 Å². The van der Waals surface area contributed by atoms with Gasteiger partial charge in [0.1, 0.15) is 0 Å². The van der Waals surface area contributed by atoms with Gasteiger partial charge in [-0.25, -0.2) is 0 Å². The van der Waals surface area contributed by atoms with Crippen LogP contribution in [0.4, 0.5) is 0 Å². The standard InChI is InChI=1S/C25H27N3O2S/c1-19-7-9-21(10-8-19)22-11-16-31-24(22)25(30)28-14-12-27(13-15-28)18-23(29)26-17-20-5-3-2-4-6-20/h2-11,16H,12-15,17-18H2,1H3,(H,26,29). The van der Waals surface area contributed by atoms with E-state index in [4.69, 9.17) is 0 Å². The molecule has 6 heteroatoms. The van der Waals surface area contributed by atoms with Crippen LogP contribution in [0.15, 0.2) is 66.0 Å². The van der Waals surface area contributed by atoms with Gasteiger partial charge in [0.15, 0.2) is 0 Å². The van der Waals surface area contributed by atoms with Crippen LogP contribution >= 0.6 is 11.3 Å². The molecule has 1 fully saturated rings. The number of piperazine rings is 1. The van der Waals surface area contributed by atoms with Gasteiger partial charge < -0.3 is 10.2 Å². The Bertz CT molecular complexity index is 1020. The van der Waals surface area contributed by atoms with E-state index in [0.717, 1.165) is 21.6 Å². The lowest BCUT2D eigenvalue weighted by Crippen LogP contribution is -2.51. The number of benzene rings is 2. The van der Waals surface area contributed by atoms with E-state index in [1.807, 2.05) is 46.7 Å². The quantitative estimate of drug-likeness (QED) is 0.643. The molecule has 2 amide bonds. The molecule has 0 saturated carbocycles. The van der Waals surface area contributed by atoms with Gasteiger partial charge in [-0.15, -0.1) is 11.3 Å². The van der Waals surface area contributed by atoms with Crippen molar-refractivity contribution in [2.24, 2.45) is 0 Å².